The van der Waals surface area contributed by atoms with Gasteiger partial charge >= 0.3 is 0 Å². The van der Waals surface area contributed by atoms with E-state index < -0.39 is 10.8 Å². The van der Waals surface area contributed by atoms with E-state index in [2.05, 4.69) is 14.9 Å². The number of hydrogen-bond acceptors (Lipinski definition) is 5. The third-order valence-electron chi connectivity index (χ3n) is 1.28. The fourth-order valence-corrected chi connectivity index (χ4v) is 1.58. The Hall–Kier alpha value is -0.330. The molecule has 0 spiro atoms. The van der Waals surface area contributed by atoms with Crippen molar-refractivity contribution in [2.45, 2.75) is 6.54 Å². The topological polar surface area (TPSA) is 54.9 Å². The number of nitrogens with zero attached hydrogens (tertiary/aromatic N) is 2. The zero-order valence-corrected chi connectivity index (χ0v) is 8.45. The first kappa shape index (κ1) is 9.76. The standard InChI is InChI=1S/C6H11N3OS2/c1-12(10)3-2-7-4-6-5-11-9-8-6/h5,7H,2-4H2,1H3. The van der Waals surface area contributed by atoms with E-state index in [0.29, 0.717) is 12.3 Å². The molecule has 0 fully saturated rings. The van der Waals surface area contributed by atoms with Crippen LogP contribution in [0.15, 0.2) is 5.38 Å². The molecule has 0 amide bonds. The van der Waals surface area contributed by atoms with E-state index in [1.807, 2.05) is 5.38 Å². The van der Waals surface area contributed by atoms with Gasteiger partial charge in [-0.1, -0.05) is 4.49 Å². The Kier molecular flexibility index (Phi) is 4.34. The van der Waals surface area contributed by atoms with Gasteiger partial charge in [-0.3, -0.25) is 4.21 Å². The van der Waals surface area contributed by atoms with Gasteiger partial charge in [-0.05, 0) is 11.5 Å². The minimum atomic E-state index is -0.710. The fraction of sp³-hybridized carbons (Fsp3) is 0.667. The van der Waals surface area contributed by atoms with E-state index in [1.165, 1.54) is 11.5 Å². The molecule has 0 saturated heterocycles. The first-order chi connectivity index (χ1) is 5.79. The van der Waals surface area contributed by atoms with E-state index in [9.17, 15) is 4.21 Å². The summed E-state index contributed by atoms with van der Waals surface area (Å²) in [5.74, 6) is 0.692. The second-order valence-electron chi connectivity index (χ2n) is 2.35. The summed E-state index contributed by atoms with van der Waals surface area (Å²) < 4.78 is 14.4. The number of hydrogen-bond donors (Lipinski definition) is 1. The van der Waals surface area contributed by atoms with E-state index in [4.69, 9.17) is 0 Å². The summed E-state index contributed by atoms with van der Waals surface area (Å²) in [5.41, 5.74) is 0.946. The molecule has 1 N–H and O–H groups in total. The van der Waals surface area contributed by atoms with Crippen LogP contribution in [0, 0.1) is 0 Å². The Morgan fingerprint density at radius 1 is 1.75 bits per heavy atom. The average molecular weight is 205 g/mol. The molecule has 1 atom stereocenters. The van der Waals surface area contributed by atoms with Crippen LogP contribution >= 0.6 is 11.5 Å². The highest BCUT2D eigenvalue weighted by atomic mass is 32.2. The fourth-order valence-electron chi connectivity index (χ4n) is 0.693. The van der Waals surface area contributed by atoms with Gasteiger partial charge < -0.3 is 5.32 Å². The molecule has 1 aromatic heterocycles. The highest BCUT2D eigenvalue weighted by Crippen LogP contribution is 1.94. The van der Waals surface area contributed by atoms with Crippen molar-refractivity contribution in [3.05, 3.63) is 11.1 Å². The smallest absolute Gasteiger partial charge is 0.0893 e. The van der Waals surface area contributed by atoms with Crippen LogP contribution in [0.1, 0.15) is 5.69 Å². The Morgan fingerprint density at radius 2 is 2.58 bits per heavy atom. The molecule has 0 aliphatic heterocycles. The van der Waals surface area contributed by atoms with Crippen molar-refractivity contribution in [3.63, 3.8) is 0 Å². The van der Waals surface area contributed by atoms with Crippen LogP contribution in [0.25, 0.3) is 0 Å². The predicted octanol–water partition coefficient (Wildman–Crippen LogP) is 0.00620. The SMILES string of the molecule is CS(=O)CCNCc1csnn1. The van der Waals surface area contributed by atoms with Gasteiger partial charge in [-0.25, -0.2) is 0 Å². The lowest BCUT2D eigenvalue weighted by Crippen LogP contribution is -2.19. The Bertz CT molecular complexity index is 237. The van der Waals surface area contributed by atoms with Gasteiger partial charge in [0.1, 0.15) is 0 Å². The van der Waals surface area contributed by atoms with Gasteiger partial charge in [0.15, 0.2) is 0 Å². The Labute approximate surface area is 78.0 Å². The minimum Gasteiger partial charge on any atom is -0.310 e. The quantitative estimate of drug-likeness (QED) is 0.688. The lowest BCUT2D eigenvalue weighted by molar-refractivity contribution is 0.673. The summed E-state index contributed by atoms with van der Waals surface area (Å²) in [5, 5.41) is 8.89. The molecule has 0 saturated carbocycles. The highest BCUT2D eigenvalue weighted by molar-refractivity contribution is 7.84. The summed E-state index contributed by atoms with van der Waals surface area (Å²) in [7, 11) is -0.710. The van der Waals surface area contributed by atoms with Crippen LogP contribution in [0.2, 0.25) is 0 Å². The summed E-state index contributed by atoms with van der Waals surface area (Å²) in [6.45, 7) is 1.48. The number of aromatic nitrogens is 2. The Morgan fingerprint density at radius 3 is 3.17 bits per heavy atom. The summed E-state index contributed by atoms with van der Waals surface area (Å²) in [4.78, 5) is 0. The molecule has 1 unspecified atom stereocenters. The van der Waals surface area contributed by atoms with E-state index >= 15 is 0 Å². The van der Waals surface area contributed by atoms with Gasteiger partial charge in [0.25, 0.3) is 0 Å². The minimum absolute atomic E-state index is 0.692. The predicted molar refractivity (Wildman–Crippen MR) is 50.5 cm³/mol. The molecule has 0 radical (unpaired) electrons. The molecule has 12 heavy (non-hydrogen) atoms. The molecular formula is C6H11N3OS2. The second-order valence-corrected chi connectivity index (χ2v) is 4.51. The molecule has 0 bridgehead atoms. The van der Waals surface area contributed by atoms with E-state index in [0.717, 1.165) is 12.2 Å². The highest BCUT2D eigenvalue weighted by Gasteiger charge is 1.95. The molecule has 68 valence electrons. The van der Waals surface area contributed by atoms with Crippen LogP contribution in [0.5, 0.6) is 0 Å². The molecule has 0 aliphatic rings. The first-order valence-corrected chi connectivity index (χ1v) is 6.12. The zero-order chi connectivity index (χ0) is 8.81. The summed E-state index contributed by atoms with van der Waals surface area (Å²) >= 11 is 1.34. The lowest BCUT2D eigenvalue weighted by Gasteiger charge is -1.98. The second kappa shape index (κ2) is 5.34. The summed E-state index contributed by atoms with van der Waals surface area (Å²) in [6.07, 6.45) is 1.70. The van der Waals surface area contributed by atoms with Gasteiger partial charge in [0, 0.05) is 41.3 Å². The van der Waals surface area contributed by atoms with Crippen molar-refractivity contribution in [2.75, 3.05) is 18.6 Å². The van der Waals surface area contributed by atoms with Gasteiger partial charge in [0.2, 0.25) is 0 Å². The van der Waals surface area contributed by atoms with Crippen LogP contribution in [-0.2, 0) is 17.3 Å². The van der Waals surface area contributed by atoms with Crippen molar-refractivity contribution in [3.8, 4) is 0 Å². The van der Waals surface area contributed by atoms with Crippen molar-refractivity contribution >= 4 is 22.3 Å². The third kappa shape index (κ3) is 3.89. The van der Waals surface area contributed by atoms with Gasteiger partial charge in [-0.2, -0.15) is 0 Å². The average Bonchev–Trinajstić information content (AvgIpc) is 2.49. The Balaban J connectivity index is 2.07. The van der Waals surface area contributed by atoms with Crippen LogP contribution in [0.3, 0.4) is 0 Å². The monoisotopic (exact) mass is 205 g/mol. The molecule has 1 aromatic rings. The number of rotatable bonds is 5. The van der Waals surface area contributed by atoms with Crippen molar-refractivity contribution in [2.24, 2.45) is 0 Å². The molecule has 4 nitrogen and oxygen atoms in total. The maximum Gasteiger partial charge on any atom is 0.0893 e. The summed E-state index contributed by atoms with van der Waals surface area (Å²) in [6, 6.07) is 0. The first-order valence-electron chi connectivity index (χ1n) is 3.55. The van der Waals surface area contributed by atoms with E-state index in [1.54, 1.807) is 6.26 Å². The number of nitrogens with one attached hydrogen (secondary N) is 1. The maximum atomic E-state index is 10.7. The molecule has 1 rings (SSSR count). The molecular weight excluding hydrogens is 194 g/mol. The van der Waals surface area contributed by atoms with Crippen LogP contribution < -0.4 is 5.32 Å². The van der Waals surface area contributed by atoms with Crippen LogP contribution in [0.4, 0.5) is 0 Å². The van der Waals surface area contributed by atoms with E-state index in [-0.39, 0.29) is 0 Å². The van der Waals surface area contributed by atoms with Crippen LogP contribution in [-0.4, -0.2) is 32.3 Å². The van der Waals surface area contributed by atoms with Gasteiger partial charge in [0.05, 0.1) is 5.69 Å². The normalized spacial score (nSPS) is 13.1. The molecule has 0 aliphatic carbocycles. The van der Waals surface area contributed by atoms with Crippen molar-refractivity contribution < 1.29 is 4.21 Å². The van der Waals surface area contributed by atoms with Gasteiger partial charge in [-0.15, -0.1) is 5.10 Å². The van der Waals surface area contributed by atoms with Crippen molar-refractivity contribution in [1.29, 1.82) is 0 Å². The third-order valence-corrected chi connectivity index (χ3v) is 2.61. The molecule has 0 aromatic carbocycles. The maximum absolute atomic E-state index is 10.7. The zero-order valence-electron chi connectivity index (χ0n) is 6.82. The molecule has 6 heteroatoms. The lowest BCUT2D eigenvalue weighted by atomic mass is 10.5. The largest absolute Gasteiger partial charge is 0.310 e. The molecule has 1 heterocycles. The van der Waals surface area contributed by atoms with Crippen molar-refractivity contribution in [1.82, 2.24) is 14.9 Å².